The first-order valence-electron chi connectivity index (χ1n) is 5.61. The van der Waals surface area contributed by atoms with E-state index in [2.05, 4.69) is 4.72 Å². The lowest BCUT2D eigenvalue weighted by atomic mass is 10.1. The van der Waals surface area contributed by atoms with E-state index in [4.69, 9.17) is 0 Å². The average molecular weight is 257 g/mol. The van der Waals surface area contributed by atoms with Crippen molar-refractivity contribution in [2.45, 2.75) is 31.6 Å². The van der Waals surface area contributed by atoms with Crippen molar-refractivity contribution in [3.63, 3.8) is 0 Å². The second-order valence-electron chi connectivity index (χ2n) is 4.28. The highest BCUT2D eigenvalue weighted by atomic mass is 32.2. The lowest BCUT2D eigenvalue weighted by Gasteiger charge is -2.18. The van der Waals surface area contributed by atoms with Crippen molar-refractivity contribution < 1.29 is 13.5 Å². The van der Waals surface area contributed by atoms with Crippen molar-refractivity contribution in [1.82, 2.24) is 4.72 Å². The lowest BCUT2D eigenvalue weighted by molar-refractivity contribution is 0.256. The van der Waals surface area contributed by atoms with Crippen LogP contribution < -0.4 is 4.72 Å². The molecule has 4 nitrogen and oxygen atoms in total. The maximum absolute atomic E-state index is 11.7. The molecule has 2 N–H and O–H groups in total. The highest BCUT2D eigenvalue weighted by molar-refractivity contribution is 7.90. The summed E-state index contributed by atoms with van der Waals surface area (Å²) in [5.41, 5.74) is 0.998. The second kappa shape index (κ2) is 6.14. The van der Waals surface area contributed by atoms with Crippen molar-refractivity contribution in [2.24, 2.45) is 0 Å². The van der Waals surface area contributed by atoms with Gasteiger partial charge in [-0.25, -0.2) is 13.1 Å². The number of benzene rings is 1. The van der Waals surface area contributed by atoms with Gasteiger partial charge in [-0.1, -0.05) is 30.3 Å². The summed E-state index contributed by atoms with van der Waals surface area (Å²) in [7, 11) is -3.34. The van der Waals surface area contributed by atoms with E-state index in [9.17, 15) is 13.5 Å². The fraction of sp³-hybridized carbons (Fsp3) is 0.500. The monoisotopic (exact) mass is 257 g/mol. The van der Waals surface area contributed by atoms with Gasteiger partial charge in [-0.05, 0) is 25.8 Å². The van der Waals surface area contributed by atoms with Crippen LogP contribution in [0.15, 0.2) is 30.3 Å². The van der Waals surface area contributed by atoms with Crippen LogP contribution in [0.3, 0.4) is 0 Å². The van der Waals surface area contributed by atoms with Crippen LogP contribution in [-0.4, -0.2) is 31.4 Å². The zero-order valence-electron chi connectivity index (χ0n) is 10.1. The van der Waals surface area contributed by atoms with E-state index in [0.717, 1.165) is 5.56 Å². The summed E-state index contributed by atoms with van der Waals surface area (Å²) in [6.07, 6.45) is 0.489. The summed E-state index contributed by atoms with van der Waals surface area (Å²) in [4.78, 5) is 0. The van der Waals surface area contributed by atoms with E-state index in [-0.39, 0.29) is 6.61 Å². The summed E-state index contributed by atoms with van der Waals surface area (Å²) in [6, 6.07) is 9.03. The Morgan fingerprint density at radius 3 is 2.29 bits per heavy atom. The van der Waals surface area contributed by atoms with Gasteiger partial charge in [0.05, 0.1) is 11.9 Å². The second-order valence-corrected chi connectivity index (χ2v) is 6.55. The van der Waals surface area contributed by atoms with E-state index in [1.54, 1.807) is 13.8 Å². The fourth-order valence-electron chi connectivity index (χ4n) is 1.41. The molecular weight excluding hydrogens is 238 g/mol. The molecule has 0 aromatic heterocycles. The van der Waals surface area contributed by atoms with Gasteiger partial charge in [0.25, 0.3) is 0 Å². The molecule has 1 aromatic rings. The van der Waals surface area contributed by atoms with Crippen LogP contribution in [0.2, 0.25) is 0 Å². The van der Waals surface area contributed by atoms with Gasteiger partial charge in [0.15, 0.2) is 0 Å². The minimum atomic E-state index is -3.34. The van der Waals surface area contributed by atoms with Crippen LogP contribution in [0.25, 0.3) is 0 Å². The van der Waals surface area contributed by atoms with Crippen molar-refractivity contribution in [3.05, 3.63) is 35.9 Å². The SMILES string of the molecule is CC(C)S(=O)(=O)N[C@H](CO)Cc1ccccc1. The predicted molar refractivity (Wildman–Crippen MR) is 68.2 cm³/mol. The Morgan fingerprint density at radius 1 is 1.24 bits per heavy atom. The molecule has 0 bridgehead atoms. The largest absolute Gasteiger partial charge is 0.395 e. The number of nitrogens with one attached hydrogen (secondary N) is 1. The molecule has 17 heavy (non-hydrogen) atoms. The highest BCUT2D eigenvalue weighted by Crippen LogP contribution is 2.05. The summed E-state index contributed by atoms with van der Waals surface area (Å²) < 4.78 is 25.8. The van der Waals surface area contributed by atoms with Crippen LogP contribution >= 0.6 is 0 Å². The van der Waals surface area contributed by atoms with E-state index in [1.165, 1.54) is 0 Å². The molecular formula is C12H19NO3S. The van der Waals surface area contributed by atoms with E-state index in [0.29, 0.717) is 6.42 Å². The minimum absolute atomic E-state index is 0.207. The molecule has 5 heteroatoms. The maximum atomic E-state index is 11.7. The zero-order chi connectivity index (χ0) is 12.9. The molecule has 0 aliphatic rings. The van der Waals surface area contributed by atoms with Crippen molar-refractivity contribution in [2.75, 3.05) is 6.61 Å². The van der Waals surface area contributed by atoms with Gasteiger partial charge in [0, 0.05) is 6.04 Å². The Labute approximate surface area is 103 Å². The number of sulfonamides is 1. The zero-order valence-corrected chi connectivity index (χ0v) is 10.9. The van der Waals surface area contributed by atoms with E-state index in [1.807, 2.05) is 30.3 Å². The topological polar surface area (TPSA) is 66.4 Å². The van der Waals surface area contributed by atoms with Crippen LogP contribution in [-0.2, 0) is 16.4 Å². The standard InChI is InChI=1S/C12H19NO3S/c1-10(2)17(15,16)13-12(9-14)8-11-6-4-3-5-7-11/h3-7,10,12-14H,8-9H2,1-2H3/t12-/m0/s1. The van der Waals surface area contributed by atoms with E-state index < -0.39 is 21.3 Å². The molecule has 96 valence electrons. The van der Waals surface area contributed by atoms with Crippen LogP contribution in [0.5, 0.6) is 0 Å². The fourth-order valence-corrected chi connectivity index (χ4v) is 2.31. The first-order valence-corrected chi connectivity index (χ1v) is 7.16. The van der Waals surface area contributed by atoms with Gasteiger partial charge in [-0.2, -0.15) is 0 Å². The predicted octanol–water partition coefficient (Wildman–Crippen LogP) is 0.918. The quantitative estimate of drug-likeness (QED) is 0.796. The Bertz CT molecular complexity index is 428. The van der Waals surface area contributed by atoms with Crippen molar-refractivity contribution in [3.8, 4) is 0 Å². The molecule has 0 aliphatic heterocycles. The number of rotatable bonds is 6. The summed E-state index contributed by atoms with van der Waals surface area (Å²) in [6.45, 7) is 3.01. The molecule has 1 atom stereocenters. The first-order chi connectivity index (χ1) is 7.95. The van der Waals surface area contributed by atoms with Crippen LogP contribution in [0.1, 0.15) is 19.4 Å². The average Bonchev–Trinajstić information content (AvgIpc) is 2.29. The van der Waals surface area contributed by atoms with Crippen LogP contribution in [0, 0.1) is 0 Å². The smallest absolute Gasteiger partial charge is 0.214 e. The molecule has 0 fully saturated rings. The summed E-state index contributed by atoms with van der Waals surface area (Å²) in [5, 5.41) is 8.71. The molecule has 0 saturated heterocycles. The molecule has 1 rings (SSSR count). The maximum Gasteiger partial charge on any atom is 0.214 e. The normalized spacial score (nSPS) is 13.9. The highest BCUT2D eigenvalue weighted by Gasteiger charge is 2.20. The number of hydrogen-bond donors (Lipinski definition) is 2. The Morgan fingerprint density at radius 2 is 1.82 bits per heavy atom. The van der Waals surface area contributed by atoms with Gasteiger partial charge in [-0.3, -0.25) is 0 Å². The number of aliphatic hydroxyl groups is 1. The third kappa shape index (κ3) is 4.46. The molecule has 0 aliphatic carbocycles. The molecule has 0 amide bonds. The molecule has 0 heterocycles. The third-order valence-corrected chi connectivity index (χ3v) is 4.40. The van der Waals surface area contributed by atoms with Crippen molar-refractivity contribution >= 4 is 10.0 Å². The van der Waals surface area contributed by atoms with E-state index >= 15 is 0 Å². The Kier molecular flexibility index (Phi) is 5.11. The molecule has 1 aromatic carbocycles. The molecule has 0 saturated carbocycles. The van der Waals surface area contributed by atoms with Gasteiger partial charge >= 0.3 is 0 Å². The summed E-state index contributed by atoms with van der Waals surface area (Å²) in [5.74, 6) is 0. The third-order valence-electron chi connectivity index (χ3n) is 2.50. The first kappa shape index (κ1) is 14.2. The Hall–Kier alpha value is -0.910. The number of hydrogen-bond acceptors (Lipinski definition) is 3. The molecule has 0 radical (unpaired) electrons. The summed E-state index contributed by atoms with van der Waals surface area (Å²) >= 11 is 0. The van der Waals surface area contributed by atoms with Gasteiger partial charge in [-0.15, -0.1) is 0 Å². The molecule has 0 spiro atoms. The Balaban J connectivity index is 2.68. The van der Waals surface area contributed by atoms with Crippen molar-refractivity contribution in [1.29, 1.82) is 0 Å². The van der Waals surface area contributed by atoms with Gasteiger partial charge < -0.3 is 5.11 Å². The van der Waals surface area contributed by atoms with Gasteiger partial charge in [0.2, 0.25) is 10.0 Å². The van der Waals surface area contributed by atoms with Crippen LogP contribution in [0.4, 0.5) is 0 Å². The number of aliphatic hydroxyl groups excluding tert-OH is 1. The van der Waals surface area contributed by atoms with Gasteiger partial charge in [0.1, 0.15) is 0 Å². The molecule has 0 unspecified atom stereocenters. The minimum Gasteiger partial charge on any atom is -0.395 e. The lowest BCUT2D eigenvalue weighted by Crippen LogP contribution is -2.42.